The molecule has 28 heavy (non-hydrogen) atoms. The minimum Gasteiger partial charge on any atom is -0.337 e. The zero-order valence-electron chi connectivity index (χ0n) is 16.5. The number of rotatable bonds is 9. The smallest absolute Gasteiger partial charge is 0.323 e. The Morgan fingerprint density at radius 2 is 2.11 bits per heavy atom. The van der Waals surface area contributed by atoms with Crippen molar-refractivity contribution in [2.45, 2.75) is 58.2 Å². The van der Waals surface area contributed by atoms with E-state index in [1.807, 2.05) is 39.9 Å². The first-order valence-corrected chi connectivity index (χ1v) is 10.4. The van der Waals surface area contributed by atoms with Crippen LogP contribution in [0.25, 0.3) is 0 Å². The molecule has 1 aromatic heterocycles. The summed E-state index contributed by atoms with van der Waals surface area (Å²) in [5, 5.41) is 3.66. The molecule has 1 fully saturated rings. The summed E-state index contributed by atoms with van der Waals surface area (Å²) in [6.07, 6.45) is 9.32. The summed E-state index contributed by atoms with van der Waals surface area (Å²) in [5.41, 5.74) is 0.912. The summed E-state index contributed by atoms with van der Waals surface area (Å²) in [5.74, 6) is 0.709. The zero-order valence-corrected chi connectivity index (χ0v) is 17.3. The van der Waals surface area contributed by atoms with Crippen LogP contribution >= 0.6 is 11.6 Å². The summed E-state index contributed by atoms with van der Waals surface area (Å²) < 4.78 is 2.02. The van der Waals surface area contributed by atoms with Crippen molar-refractivity contribution in [1.29, 1.82) is 0 Å². The number of aliphatic imine (C=N–C) groups is 1. The molecule has 7 heteroatoms. The van der Waals surface area contributed by atoms with E-state index in [1.54, 1.807) is 12.5 Å². The number of urea groups is 1. The maximum absolute atomic E-state index is 12.8. The highest BCUT2D eigenvalue weighted by Crippen LogP contribution is 2.32. The van der Waals surface area contributed by atoms with Crippen LogP contribution < -0.4 is 5.32 Å². The number of carbonyl (C=O) groups excluding carboxylic acids is 1. The molecule has 0 bridgehead atoms. The Bertz CT molecular complexity index is 805. The number of halogens is 1. The van der Waals surface area contributed by atoms with E-state index in [-0.39, 0.29) is 18.1 Å². The number of hydrogen-bond acceptors (Lipinski definition) is 3. The Hall–Kier alpha value is -2.34. The molecule has 2 atom stereocenters. The monoisotopic (exact) mass is 401 g/mol. The van der Waals surface area contributed by atoms with Gasteiger partial charge in [0, 0.05) is 36.1 Å². The van der Waals surface area contributed by atoms with Crippen molar-refractivity contribution in [3.05, 3.63) is 53.6 Å². The summed E-state index contributed by atoms with van der Waals surface area (Å²) in [7, 11) is 0. The molecular weight excluding hydrogens is 374 g/mol. The molecular formula is C21H28ClN5O. The number of amides is 2. The largest absolute Gasteiger partial charge is 0.337 e. The van der Waals surface area contributed by atoms with Crippen molar-refractivity contribution in [3.8, 4) is 0 Å². The van der Waals surface area contributed by atoms with E-state index >= 15 is 0 Å². The third-order valence-electron chi connectivity index (χ3n) is 5.06. The molecule has 3 rings (SSSR count). The fraction of sp³-hybridized carbons (Fsp3) is 0.476. The van der Waals surface area contributed by atoms with Gasteiger partial charge in [0.1, 0.15) is 11.9 Å². The number of amidine groups is 1. The minimum atomic E-state index is -0.269. The number of imidazole rings is 1. The molecule has 1 aromatic carbocycles. The van der Waals surface area contributed by atoms with Gasteiger partial charge in [0.2, 0.25) is 0 Å². The van der Waals surface area contributed by atoms with Crippen LogP contribution in [-0.4, -0.2) is 38.9 Å². The Morgan fingerprint density at radius 1 is 1.29 bits per heavy atom. The second-order valence-electron chi connectivity index (χ2n) is 7.07. The van der Waals surface area contributed by atoms with Gasteiger partial charge in [-0.25, -0.2) is 9.78 Å². The minimum absolute atomic E-state index is 0.111. The van der Waals surface area contributed by atoms with Gasteiger partial charge in [-0.15, -0.1) is 0 Å². The molecule has 0 saturated carbocycles. The molecule has 0 aliphatic carbocycles. The second-order valence-corrected chi connectivity index (χ2v) is 7.47. The van der Waals surface area contributed by atoms with Gasteiger partial charge in [-0.05, 0) is 25.3 Å². The highest BCUT2D eigenvalue weighted by molar-refractivity contribution is 6.31. The van der Waals surface area contributed by atoms with Gasteiger partial charge in [0.05, 0.1) is 12.4 Å². The average molecular weight is 402 g/mol. The number of nitrogens with zero attached hydrogens (tertiary/aromatic N) is 4. The summed E-state index contributed by atoms with van der Waals surface area (Å²) in [4.78, 5) is 23.6. The molecule has 2 amide bonds. The Labute approximate surface area is 171 Å². The Kier molecular flexibility index (Phi) is 7.09. The van der Waals surface area contributed by atoms with Crippen LogP contribution in [0.1, 0.15) is 51.1 Å². The van der Waals surface area contributed by atoms with E-state index in [1.165, 1.54) is 0 Å². The Balaban J connectivity index is 1.85. The van der Waals surface area contributed by atoms with Gasteiger partial charge in [0.25, 0.3) is 0 Å². The van der Waals surface area contributed by atoms with Crippen molar-refractivity contribution in [3.63, 3.8) is 0 Å². The van der Waals surface area contributed by atoms with Crippen LogP contribution in [0, 0.1) is 0 Å². The molecule has 1 aliphatic heterocycles. The molecule has 150 valence electrons. The van der Waals surface area contributed by atoms with Gasteiger partial charge in [0.15, 0.2) is 0 Å². The first-order chi connectivity index (χ1) is 13.6. The van der Waals surface area contributed by atoms with Crippen LogP contribution in [-0.2, 0) is 6.54 Å². The molecule has 2 aromatic rings. The lowest BCUT2D eigenvalue weighted by molar-refractivity contribution is 0.204. The normalized spacial score (nSPS) is 19.2. The Morgan fingerprint density at radius 3 is 2.79 bits per heavy atom. The van der Waals surface area contributed by atoms with Crippen LogP contribution in [0.4, 0.5) is 4.79 Å². The van der Waals surface area contributed by atoms with Crippen LogP contribution in [0.15, 0.2) is 48.0 Å². The number of nitrogens with one attached hydrogen (secondary N) is 1. The first-order valence-electron chi connectivity index (χ1n) is 9.99. The van der Waals surface area contributed by atoms with E-state index in [0.717, 1.165) is 37.8 Å². The van der Waals surface area contributed by atoms with Gasteiger partial charge in [-0.2, -0.15) is 0 Å². The number of benzene rings is 1. The highest BCUT2D eigenvalue weighted by Gasteiger charge is 2.38. The quantitative estimate of drug-likeness (QED) is 0.663. The highest BCUT2D eigenvalue weighted by atomic mass is 35.5. The van der Waals surface area contributed by atoms with E-state index in [0.29, 0.717) is 17.4 Å². The standard InChI is InChI=1S/C21H28ClN5O/c1-3-8-16(4-2)24-20-19(17-9-5-6-10-18(17)22)27(21(28)25-20)13-7-12-26-14-11-23-15-26/h5-6,9-11,14-16,19H,3-4,7-8,12-13H2,1-2H3,(H,24,25,28). The maximum Gasteiger partial charge on any atom is 0.323 e. The fourth-order valence-corrected chi connectivity index (χ4v) is 3.83. The molecule has 0 radical (unpaired) electrons. The van der Waals surface area contributed by atoms with Gasteiger partial charge < -0.3 is 9.47 Å². The van der Waals surface area contributed by atoms with E-state index < -0.39 is 0 Å². The predicted octanol–water partition coefficient (Wildman–Crippen LogP) is 4.67. The van der Waals surface area contributed by atoms with Gasteiger partial charge >= 0.3 is 6.03 Å². The number of hydrogen-bond donors (Lipinski definition) is 1. The van der Waals surface area contributed by atoms with Crippen molar-refractivity contribution in [2.24, 2.45) is 4.99 Å². The van der Waals surface area contributed by atoms with E-state index in [4.69, 9.17) is 16.6 Å². The topological polar surface area (TPSA) is 62.5 Å². The fourth-order valence-electron chi connectivity index (χ4n) is 3.59. The first kappa shape index (κ1) is 20.4. The van der Waals surface area contributed by atoms with E-state index in [2.05, 4.69) is 24.1 Å². The summed E-state index contributed by atoms with van der Waals surface area (Å²) in [6.45, 7) is 5.71. The van der Waals surface area contributed by atoms with Crippen molar-refractivity contribution in [1.82, 2.24) is 19.8 Å². The van der Waals surface area contributed by atoms with Crippen molar-refractivity contribution >= 4 is 23.5 Å². The third-order valence-corrected chi connectivity index (χ3v) is 5.40. The predicted molar refractivity (Wildman–Crippen MR) is 113 cm³/mol. The van der Waals surface area contributed by atoms with Crippen molar-refractivity contribution < 1.29 is 4.79 Å². The lowest BCUT2D eigenvalue weighted by Gasteiger charge is -2.24. The zero-order chi connectivity index (χ0) is 19.9. The summed E-state index contributed by atoms with van der Waals surface area (Å²) >= 11 is 6.50. The maximum atomic E-state index is 12.8. The van der Waals surface area contributed by atoms with Crippen LogP contribution in [0.2, 0.25) is 5.02 Å². The molecule has 1 saturated heterocycles. The van der Waals surface area contributed by atoms with Gasteiger partial charge in [-0.3, -0.25) is 10.3 Å². The number of carbonyl (C=O) groups is 1. The molecule has 2 heterocycles. The van der Waals surface area contributed by atoms with E-state index in [9.17, 15) is 4.79 Å². The van der Waals surface area contributed by atoms with Gasteiger partial charge in [-0.1, -0.05) is 50.1 Å². The molecule has 6 nitrogen and oxygen atoms in total. The van der Waals surface area contributed by atoms with Crippen molar-refractivity contribution in [2.75, 3.05) is 6.54 Å². The number of aromatic nitrogens is 2. The summed E-state index contributed by atoms with van der Waals surface area (Å²) in [6, 6.07) is 7.53. The number of aryl methyl sites for hydroxylation is 1. The second kappa shape index (κ2) is 9.73. The molecule has 0 spiro atoms. The lowest BCUT2D eigenvalue weighted by Crippen LogP contribution is -2.31. The molecule has 1 N–H and O–H groups in total. The SMILES string of the molecule is CCCC(CC)N=C1NC(=O)N(CCCn2ccnc2)C1c1ccccc1Cl. The third kappa shape index (κ3) is 4.73. The molecule has 2 unspecified atom stereocenters. The lowest BCUT2D eigenvalue weighted by atomic mass is 10.0. The van der Waals surface area contributed by atoms with Crippen LogP contribution in [0.3, 0.4) is 0 Å². The molecule has 1 aliphatic rings. The van der Waals surface area contributed by atoms with Crippen LogP contribution in [0.5, 0.6) is 0 Å². The average Bonchev–Trinajstić information content (AvgIpc) is 3.30.